The Morgan fingerprint density at radius 3 is 2.71 bits per heavy atom. The molecule has 10 heteroatoms. The summed E-state index contributed by atoms with van der Waals surface area (Å²) < 4.78 is 14.6. The van der Waals surface area contributed by atoms with Crippen LogP contribution < -0.4 is 15.4 Å². The lowest BCUT2D eigenvalue weighted by Gasteiger charge is -2.09. The fraction of sp³-hybridized carbons (Fsp3) is 0.200. The normalized spacial score (nSPS) is 10.7. The Hall–Kier alpha value is -4.60. The first-order valence-corrected chi connectivity index (χ1v) is 10.9. The number of ether oxygens (including phenoxy) is 1. The number of carbonyl (C=O) groups is 2. The second-order valence-electron chi connectivity index (χ2n) is 7.84. The van der Waals surface area contributed by atoms with Crippen LogP contribution >= 0.6 is 0 Å². The van der Waals surface area contributed by atoms with E-state index in [9.17, 15) is 9.59 Å². The highest BCUT2D eigenvalue weighted by Crippen LogP contribution is 2.21. The summed E-state index contributed by atoms with van der Waals surface area (Å²) >= 11 is 0. The number of hydrogen-bond donors (Lipinski definition) is 2. The number of allylic oxidation sites excluding steroid dienone is 1. The van der Waals surface area contributed by atoms with Gasteiger partial charge in [0.05, 0.1) is 18.1 Å². The molecule has 0 aliphatic heterocycles. The molecule has 1 aromatic carbocycles. The molecule has 0 fully saturated rings. The molecule has 0 aliphatic carbocycles. The summed E-state index contributed by atoms with van der Waals surface area (Å²) in [5.74, 6) is 0.429. The zero-order chi connectivity index (χ0) is 24.8. The molecule has 4 aromatic rings. The van der Waals surface area contributed by atoms with Crippen LogP contribution in [0.2, 0.25) is 0 Å². The summed E-state index contributed by atoms with van der Waals surface area (Å²) in [5.41, 5.74) is 2.36. The number of benzene rings is 1. The van der Waals surface area contributed by atoms with Crippen LogP contribution in [0.4, 0.5) is 5.69 Å². The van der Waals surface area contributed by atoms with Gasteiger partial charge in [0, 0.05) is 32.4 Å². The van der Waals surface area contributed by atoms with Gasteiger partial charge in [-0.05, 0) is 30.2 Å². The van der Waals surface area contributed by atoms with Crippen molar-refractivity contribution < 1.29 is 18.7 Å². The zero-order valence-electron chi connectivity index (χ0n) is 19.5. The Morgan fingerprint density at radius 2 is 1.94 bits per heavy atom. The number of nitrogens with zero attached hydrogens (tertiary/aromatic N) is 4. The molecule has 2 amide bonds. The van der Waals surface area contributed by atoms with E-state index in [1.54, 1.807) is 37.1 Å². The lowest BCUT2D eigenvalue weighted by molar-refractivity contribution is 0.0942. The molecule has 0 aliphatic rings. The minimum Gasteiger partial charge on any atom is -0.485 e. The van der Waals surface area contributed by atoms with Gasteiger partial charge < -0.3 is 19.8 Å². The molecular weight excluding hydrogens is 448 g/mol. The third kappa shape index (κ3) is 5.67. The van der Waals surface area contributed by atoms with E-state index in [2.05, 4.69) is 27.4 Å². The summed E-state index contributed by atoms with van der Waals surface area (Å²) in [6, 6.07) is 10.9. The predicted molar refractivity (Wildman–Crippen MR) is 129 cm³/mol. The van der Waals surface area contributed by atoms with Gasteiger partial charge in [0.1, 0.15) is 23.8 Å². The van der Waals surface area contributed by atoms with Gasteiger partial charge in [0.2, 0.25) is 0 Å². The maximum absolute atomic E-state index is 12.8. The number of furan rings is 1. The Kier molecular flexibility index (Phi) is 7.10. The van der Waals surface area contributed by atoms with Gasteiger partial charge in [-0.15, -0.1) is 6.58 Å². The third-order valence-corrected chi connectivity index (χ3v) is 5.21. The minimum atomic E-state index is -0.502. The zero-order valence-corrected chi connectivity index (χ0v) is 19.5. The lowest BCUT2D eigenvalue weighted by atomic mass is 10.1. The Labute approximate surface area is 202 Å². The molecule has 0 radical (unpaired) electrons. The molecule has 0 saturated heterocycles. The van der Waals surface area contributed by atoms with Crippen molar-refractivity contribution in [2.45, 2.75) is 19.6 Å². The van der Waals surface area contributed by atoms with Crippen LogP contribution in [0.3, 0.4) is 0 Å². The maximum Gasteiger partial charge on any atom is 0.291 e. The van der Waals surface area contributed by atoms with E-state index in [4.69, 9.17) is 9.15 Å². The molecule has 2 N–H and O–H groups in total. The summed E-state index contributed by atoms with van der Waals surface area (Å²) in [7, 11) is 3.43. The van der Waals surface area contributed by atoms with Gasteiger partial charge in [-0.3, -0.25) is 19.0 Å². The minimum absolute atomic E-state index is 0.0912. The molecule has 180 valence electrons. The first kappa shape index (κ1) is 23.6. The molecule has 0 saturated carbocycles. The standard InChI is InChI=1S/C25H26N6O4/c1-4-7-18-8-5-6-9-21(18)34-16-19-10-11-22(35-19)24(32)29-20-14-28-31(3)23(20)25(33)26-12-17-13-27-30(2)15-17/h4-6,8-11,13-15H,1,7,12,16H2,2-3H3,(H,26,33)(H,29,32). The predicted octanol–water partition coefficient (Wildman–Crippen LogP) is 3.24. The van der Waals surface area contributed by atoms with E-state index in [1.807, 2.05) is 36.5 Å². The van der Waals surface area contributed by atoms with Crippen molar-refractivity contribution in [2.24, 2.45) is 14.1 Å². The van der Waals surface area contributed by atoms with Crippen LogP contribution in [-0.4, -0.2) is 31.4 Å². The highest BCUT2D eigenvalue weighted by Gasteiger charge is 2.21. The Bertz CT molecular complexity index is 1350. The fourth-order valence-corrected chi connectivity index (χ4v) is 3.51. The van der Waals surface area contributed by atoms with Crippen molar-refractivity contribution in [1.82, 2.24) is 24.9 Å². The second-order valence-corrected chi connectivity index (χ2v) is 7.84. The number of aryl methyl sites for hydroxylation is 2. The Balaban J connectivity index is 1.38. The SMILES string of the molecule is C=CCc1ccccc1OCc1ccc(C(=O)Nc2cnn(C)c2C(=O)NCc2cnn(C)c2)o1. The summed E-state index contributed by atoms with van der Waals surface area (Å²) in [5, 5.41) is 13.7. The van der Waals surface area contributed by atoms with E-state index < -0.39 is 5.91 Å². The highest BCUT2D eigenvalue weighted by molar-refractivity contribution is 6.07. The largest absolute Gasteiger partial charge is 0.485 e. The number of aromatic nitrogens is 4. The van der Waals surface area contributed by atoms with Crippen molar-refractivity contribution in [2.75, 3.05) is 5.32 Å². The van der Waals surface area contributed by atoms with Crippen LogP contribution in [0.5, 0.6) is 5.75 Å². The number of amides is 2. The quantitative estimate of drug-likeness (QED) is 0.341. The topological polar surface area (TPSA) is 116 Å². The molecule has 4 rings (SSSR count). The van der Waals surface area contributed by atoms with Gasteiger partial charge in [-0.2, -0.15) is 10.2 Å². The number of hydrogen-bond acceptors (Lipinski definition) is 6. The van der Waals surface area contributed by atoms with Crippen LogP contribution in [0.1, 0.15) is 37.9 Å². The molecule has 35 heavy (non-hydrogen) atoms. The smallest absolute Gasteiger partial charge is 0.291 e. The van der Waals surface area contributed by atoms with Crippen molar-refractivity contribution in [1.29, 1.82) is 0 Å². The average Bonchev–Trinajstić information content (AvgIpc) is 3.57. The van der Waals surface area contributed by atoms with E-state index in [0.29, 0.717) is 18.7 Å². The van der Waals surface area contributed by atoms with E-state index in [-0.39, 0.29) is 29.7 Å². The molecule has 0 atom stereocenters. The molecule has 3 aromatic heterocycles. The van der Waals surface area contributed by atoms with Crippen LogP contribution in [0, 0.1) is 0 Å². The Morgan fingerprint density at radius 1 is 1.11 bits per heavy atom. The summed E-state index contributed by atoms with van der Waals surface area (Å²) in [4.78, 5) is 25.5. The van der Waals surface area contributed by atoms with Gasteiger partial charge in [-0.25, -0.2) is 0 Å². The van der Waals surface area contributed by atoms with Gasteiger partial charge in [0.25, 0.3) is 11.8 Å². The van der Waals surface area contributed by atoms with Gasteiger partial charge >= 0.3 is 0 Å². The maximum atomic E-state index is 12.8. The van der Waals surface area contributed by atoms with E-state index >= 15 is 0 Å². The molecule has 10 nitrogen and oxygen atoms in total. The van der Waals surface area contributed by atoms with Crippen molar-refractivity contribution in [3.05, 3.63) is 96.0 Å². The molecule has 0 unspecified atom stereocenters. The lowest BCUT2D eigenvalue weighted by Crippen LogP contribution is -2.26. The van der Waals surface area contributed by atoms with Crippen LogP contribution in [0.25, 0.3) is 0 Å². The molecule has 0 spiro atoms. The number of nitrogens with one attached hydrogen (secondary N) is 2. The molecule has 0 bridgehead atoms. The van der Waals surface area contributed by atoms with Gasteiger partial charge in [-0.1, -0.05) is 24.3 Å². The average molecular weight is 475 g/mol. The number of anilines is 1. The fourth-order valence-electron chi connectivity index (χ4n) is 3.51. The van der Waals surface area contributed by atoms with Crippen LogP contribution in [-0.2, 0) is 33.7 Å². The van der Waals surface area contributed by atoms with Crippen LogP contribution in [0.15, 0.2) is 72.1 Å². The first-order chi connectivity index (χ1) is 16.9. The number of para-hydroxylation sites is 1. The van der Waals surface area contributed by atoms with Crippen molar-refractivity contribution >= 4 is 17.5 Å². The number of rotatable bonds is 10. The molecule has 3 heterocycles. The molecular formula is C25H26N6O4. The summed E-state index contributed by atoms with van der Waals surface area (Å²) in [6.45, 7) is 4.22. The van der Waals surface area contributed by atoms with E-state index in [1.165, 1.54) is 10.9 Å². The van der Waals surface area contributed by atoms with Crippen molar-refractivity contribution in [3.8, 4) is 5.75 Å². The van der Waals surface area contributed by atoms with E-state index in [0.717, 1.165) is 16.9 Å². The number of carbonyl (C=O) groups excluding carboxylic acids is 2. The summed E-state index contributed by atoms with van der Waals surface area (Å²) in [6.07, 6.45) is 7.39. The van der Waals surface area contributed by atoms with Gasteiger partial charge in [0.15, 0.2) is 5.76 Å². The highest BCUT2D eigenvalue weighted by atomic mass is 16.5. The monoisotopic (exact) mass is 474 g/mol. The first-order valence-electron chi connectivity index (χ1n) is 10.9. The second kappa shape index (κ2) is 10.6. The third-order valence-electron chi connectivity index (χ3n) is 5.21. The van der Waals surface area contributed by atoms with Crippen molar-refractivity contribution in [3.63, 3.8) is 0 Å².